The predicted molar refractivity (Wildman–Crippen MR) is 169 cm³/mol. The number of ether oxygens (including phenoxy) is 2. The minimum Gasteiger partial charge on any atom is -0.595 e. The van der Waals surface area contributed by atoms with E-state index < -0.39 is 76.5 Å². The molecular weight excluding hydrogens is 640 g/mol. The van der Waals surface area contributed by atoms with Crippen LogP contribution in [-0.2, 0) is 44.7 Å². The average molecular weight is 685 g/mol. The number of aliphatic hydroxyl groups is 1. The molecule has 0 bridgehead atoms. The standard InChI is InChI=1S/C35H44N2O12/c1-33-12-10-21(38)16-20(33)5-6-22-23-11-13-35(45,34(23,2)17-27(40)31(22)33)28(41)18-49-30(43)9-8-29(42)36-24(32(44)48-3)14-19-4-7-26(39)25(15-19)37(46)47/h4,7,15-16,22-24,31,37,39,45-46H,5-6,8-14,17-18H2,1-3H3,(H,36,42). The summed E-state index contributed by atoms with van der Waals surface area (Å²) < 4.78 is 9.92. The van der Waals surface area contributed by atoms with Crippen molar-refractivity contribution in [1.82, 2.24) is 5.32 Å². The van der Waals surface area contributed by atoms with Gasteiger partial charge in [-0.25, -0.2) is 10.0 Å². The molecule has 5 N–H and O–H groups in total. The zero-order valence-corrected chi connectivity index (χ0v) is 27.9. The molecule has 1 aromatic carbocycles. The molecule has 4 aliphatic rings. The summed E-state index contributed by atoms with van der Waals surface area (Å²) in [5, 5.41) is 43.2. The van der Waals surface area contributed by atoms with Crippen LogP contribution in [0.15, 0.2) is 29.8 Å². The van der Waals surface area contributed by atoms with E-state index in [4.69, 9.17) is 9.47 Å². The molecule has 0 saturated heterocycles. The van der Waals surface area contributed by atoms with Gasteiger partial charge < -0.3 is 30.2 Å². The molecule has 5 rings (SSSR count). The minimum atomic E-state index is -1.88. The maximum absolute atomic E-state index is 13.8. The molecule has 8 unspecified atom stereocenters. The highest BCUT2D eigenvalue weighted by Gasteiger charge is 2.68. The van der Waals surface area contributed by atoms with Crippen molar-refractivity contribution < 1.29 is 58.9 Å². The van der Waals surface area contributed by atoms with Crippen molar-refractivity contribution in [3.8, 4) is 5.75 Å². The van der Waals surface area contributed by atoms with E-state index in [2.05, 4.69) is 12.2 Å². The number of carbonyl (C=O) groups excluding carboxylic acids is 6. The van der Waals surface area contributed by atoms with E-state index in [0.717, 1.165) is 18.7 Å². The third-order valence-electron chi connectivity index (χ3n) is 11.7. The van der Waals surface area contributed by atoms with Gasteiger partial charge in [-0.2, -0.15) is 5.23 Å². The van der Waals surface area contributed by atoms with Crippen molar-refractivity contribution in [2.45, 2.75) is 89.7 Å². The SMILES string of the molecule is COC(=O)C(Cc1ccc(O)c([NH+]([O-])O)c1)NC(=O)CCC(=O)OCC(=O)C1(O)CCC2C3CCC4=CC(=O)CCC4(C)C3C(=O)CC21C. The van der Waals surface area contributed by atoms with Gasteiger partial charge in [-0.1, -0.05) is 25.5 Å². The fraction of sp³-hybridized carbons (Fsp3) is 0.600. The van der Waals surface area contributed by atoms with Gasteiger partial charge in [0.05, 0.1) is 13.5 Å². The number of hydrogen-bond acceptors (Lipinski definition) is 12. The van der Waals surface area contributed by atoms with Gasteiger partial charge in [-0.05, 0) is 67.1 Å². The number of amides is 1. The van der Waals surface area contributed by atoms with Crippen LogP contribution in [0.3, 0.4) is 0 Å². The average Bonchev–Trinajstić information content (AvgIpc) is 3.33. The highest BCUT2D eigenvalue weighted by molar-refractivity contribution is 5.95. The summed E-state index contributed by atoms with van der Waals surface area (Å²) in [7, 11) is 1.11. The third kappa shape index (κ3) is 6.66. The number of aromatic hydroxyl groups is 1. The number of ketones is 3. The second kappa shape index (κ2) is 13.7. The van der Waals surface area contributed by atoms with E-state index in [1.54, 1.807) is 13.0 Å². The number of esters is 2. The van der Waals surface area contributed by atoms with Gasteiger partial charge in [-0.3, -0.25) is 24.0 Å². The first-order chi connectivity index (χ1) is 23.0. The number of nitrogens with one attached hydrogen (secondary N) is 2. The predicted octanol–water partition coefficient (Wildman–Crippen LogP) is 1.33. The maximum Gasteiger partial charge on any atom is 0.328 e. The van der Waals surface area contributed by atoms with E-state index in [-0.39, 0.29) is 54.3 Å². The van der Waals surface area contributed by atoms with Gasteiger partial charge in [-0.15, -0.1) is 0 Å². The number of fused-ring (bicyclic) bond motifs is 5. The highest BCUT2D eigenvalue weighted by Crippen LogP contribution is 2.66. The second-order valence-corrected chi connectivity index (χ2v) is 14.4. The number of allylic oxidation sites excluding steroid dienone is 1. The van der Waals surface area contributed by atoms with Gasteiger partial charge in [0, 0.05) is 43.1 Å². The van der Waals surface area contributed by atoms with Crippen molar-refractivity contribution in [2.75, 3.05) is 13.7 Å². The van der Waals surface area contributed by atoms with Crippen LogP contribution >= 0.6 is 0 Å². The molecule has 0 aliphatic heterocycles. The van der Waals surface area contributed by atoms with Crippen molar-refractivity contribution >= 4 is 40.9 Å². The van der Waals surface area contributed by atoms with E-state index in [9.17, 15) is 49.4 Å². The molecule has 0 spiro atoms. The number of rotatable bonds is 11. The van der Waals surface area contributed by atoms with Gasteiger partial charge in [0.2, 0.25) is 17.4 Å². The molecule has 0 heterocycles. The number of phenols is 1. The Morgan fingerprint density at radius 2 is 1.84 bits per heavy atom. The minimum absolute atomic E-state index is 0.00906. The monoisotopic (exact) mass is 684 g/mol. The summed E-state index contributed by atoms with van der Waals surface area (Å²) in [6.07, 6.45) is 3.80. The van der Waals surface area contributed by atoms with Crippen LogP contribution in [-0.4, -0.2) is 76.0 Å². The van der Waals surface area contributed by atoms with Gasteiger partial charge in [0.25, 0.3) is 0 Å². The smallest absolute Gasteiger partial charge is 0.328 e. The molecule has 8 atom stereocenters. The molecule has 49 heavy (non-hydrogen) atoms. The summed E-state index contributed by atoms with van der Waals surface area (Å²) in [4.78, 5) is 77.0. The van der Waals surface area contributed by atoms with Crippen molar-refractivity contribution in [3.63, 3.8) is 0 Å². The lowest BCUT2D eigenvalue weighted by molar-refractivity contribution is -0.991. The van der Waals surface area contributed by atoms with Crippen LogP contribution in [0, 0.1) is 33.8 Å². The van der Waals surface area contributed by atoms with Crippen molar-refractivity contribution in [1.29, 1.82) is 0 Å². The van der Waals surface area contributed by atoms with Crippen LogP contribution in [0.5, 0.6) is 5.75 Å². The Labute approximate surface area is 283 Å². The molecule has 3 fully saturated rings. The molecular formula is C35H44N2O12. The summed E-state index contributed by atoms with van der Waals surface area (Å²) in [6.45, 7) is 3.11. The van der Waals surface area contributed by atoms with Crippen LogP contribution in [0.4, 0.5) is 5.69 Å². The first-order valence-corrected chi connectivity index (χ1v) is 16.6. The molecule has 1 amide bonds. The number of carbonyl (C=O) groups is 6. The van der Waals surface area contributed by atoms with Crippen LogP contribution < -0.4 is 10.5 Å². The Hall–Kier alpha value is -3.98. The molecule has 4 aliphatic carbocycles. The normalized spacial score (nSPS) is 31.7. The summed E-state index contributed by atoms with van der Waals surface area (Å²) >= 11 is 0. The van der Waals surface area contributed by atoms with Gasteiger partial charge >= 0.3 is 11.9 Å². The fourth-order valence-electron chi connectivity index (χ4n) is 9.12. The molecule has 0 radical (unpaired) electrons. The number of phenolic OH excluding ortho intramolecular Hbond substituents is 1. The quantitative estimate of drug-likeness (QED) is 0.127. The molecule has 14 heteroatoms. The summed E-state index contributed by atoms with van der Waals surface area (Å²) in [5.41, 5.74) is -2.36. The van der Waals surface area contributed by atoms with E-state index in [1.165, 1.54) is 12.1 Å². The Morgan fingerprint density at radius 1 is 1.10 bits per heavy atom. The third-order valence-corrected chi connectivity index (χ3v) is 11.7. The van der Waals surface area contributed by atoms with Crippen LogP contribution in [0.25, 0.3) is 0 Å². The van der Waals surface area contributed by atoms with Gasteiger partial charge in [0.1, 0.15) is 17.4 Å². The number of Topliss-reactive ketones (excluding diaryl/α,β-unsaturated/α-hetero) is 2. The number of hydrogen-bond donors (Lipinski definition) is 5. The first-order valence-electron chi connectivity index (χ1n) is 16.6. The zero-order chi connectivity index (χ0) is 35.9. The Kier molecular flexibility index (Phi) is 10.2. The van der Waals surface area contributed by atoms with Crippen molar-refractivity contribution in [2.24, 2.45) is 28.6 Å². The summed E-state index contributed by atoms with van der Waals surface area (Å²) in [5.74, 6) is -3.90. The lowest BCUT2D eigenvalue weighted by Crippen LogP contribution is -2.99. The van der Waals surface area contributed by atoms with Crippen LogP contribution in [0.2, 0.25) is 0 Å². The lowest BCUT2D eigenvalue weighted by Gasteiger charge is -2.57. The zero-order valence-electron chi connectivity index (χ0n) is 27.9. The fourth-order valence-corrected chi connectivity index (χ4v) is 9.12. The molecule has 1 aromatic rings. The summed E-state index contributed by atoms with van der Waals surface area (Å²) in [6, 6.07) is 2.49. The molecule has 0 aromatic heterocycles. The Morgan fingerprint density at radius 3 is 2.53 bits per heavy atom. The van der Waals surface area contributed by atoms with E-state index >= 15 is 0 Å². The second-order valence-electron chi connectivity index (χ2n) is 14.4. The largest absolute Gasteiger partial charge is 0.595 e. The van der Waals surface area contributed by atoms with Crippen LogP contribution in [0.1, 0.15) is 77.2 Å². The Balaban J connectivity index is 1.16. The molecule has 266 valence electrons. The van der Waals surface area contributed by atoms with Crippen molar-refractivity contribution in [3.05, 3.63) is 40.6 Å². The number of benzene rings is 1. The Bertz CT molecular complexity index is 1590. The van der Waals surface area contributed by atoms with E-state index in [1.807, 2.05) is 0 Å². The number of quaternary nitrogens is 1. The highest BCUT2D eigenvalue weighted by atomic mass is 16.8. The topological polar surface area (TPSA) is 221 Å². The molecule has 3 saturated carbocycles. The number of methoxy groups -OCH3 is 1. The maximum atomic E-state index is 13.8. The van der Waals surface area contributed by atoms with Gasteiger partial charge in [0.15, 0.2) is 18.1 Å². The lowest BCUT2D eigenvalue weighted by atomic mass is 9.46. The van der Waals surface area contributed by atoms with E-state index in [0.29, 0.717) is 37.7 Å². The molecule has 14 nitrogen and oxygen atoms in total. The first kappa shape index (κ1) is 36.3.